The molecule has 2 rings (SSSR count). The second-order valence-corrected chi connectivity index (χ2v) is 4.11. The molecule has 0 saturated heterocycles. The summed E-state index contributed by atoms with van der Waals surface area (Å²) in [6.07, 6.45) is 0. The maximum atomic E-state index is 9.04. The van der Waals surface area contributed by atoms with Gasteiger partial charge in [-0.1, -0.05) is 12.1 Å². The summed E-state index contributed by atoms with van der Waals surface area (Å²) in [7, 11) is 0. The molecular weight excluding hydrogens is 216 g/mol. The van der Waals surface area contributed by atoms with E-state index in [1.807, 2.05) is 43.0 Å². The van der Waals surface area contributed by atoms with Crippen molar-refractivity contribution in [1.82, 2.24) is 15.2 Å². The monoisotopic (exact) mass is 232 g/mol. The van der Waals surface area contributed by atoms with Crippen LogP contribution in [-0.2, 0) is 0 Å². The van der Waals surface area contributed by atoms with Crippen LogP contribution in [0.3, 0.4) is 0 Å². The predicted octanol–water partition coefficient (Wildman–Crippen LogP) is 1.23. The highest BCUT2D eigenvalue weighted by Crippen LogP contribution is 2.14. The third-order valence-corrected chi connectivity index (χ3v) is 2.57. The number of anilines is 1. The Morgan fingerprint density at radius 3 is 2.53 bits per heavy atom. The van der Waals surface area contributed by atoms with Crippen LogP contribution >= 0.6 is 0 Å². The van der Waals surface area contributed by atoms with Gasteiger partial charge >= 0.3 is 0 Å². The van der Waals surface area contributed by atoms with E-state index in [1.165, 1.54) is 0 Å². The molecule has 0 aliphatic carbocycles. The first-order chi connectivity index (χ1) is 8.22. The third kappa shape index (κ3) is 2.50. The maximum Gasteiger partial charge on any atom is 0.246 e. The fraction of sp³-hybridized carbons (Fsp3) is 0.417. The Balaban J connectivity index is 2.40. The number of para-hydroxylation sites is 1. The number of hydrogen-bond acceptors (Lipinski definition) is 5. The van der Waals surface area contributed by atoms with E-state index in [1.54, 1.807) is 0 Å². The molecule has 0 bridgehead atoms. The van der Waals surface area contributed by atoms with Crippen molar-refractivity contribution < 1.29 is 5.11 Å². The molecule has 0 aliphatic rings. The SMILES string of the molecule is CC(C)N(CCO)c1nnc2ccccc2n1. The first-order valence-electron chi connectivity index (χ1n) is 5.69. The van der Waals surface area contributed by atoms with Crippen molar-refractivity contribution in [2.45, 2.75) is 19.9 Å². The Kier molecular flexibility index (Phi) is 3.49. The van der Waals surface area contributed by atoms with Crippen molar-refractivity contribution in [2.24, 2.45) is 0 Å². The summed E-state index contributed by atoms with van der Waals surface area (Å²) >= 11 is 0. The first-order valence-corrected chi connectivity index (χ1v) is 5.69. The van der Waals surface area contributed by atoms with Gasteiger partial charge in [-0.25, -0.2) is 4.98 Å². The largest absolute Gasteiger partial charge is 0.395 e. The number of aliphatic hydroxyl groups is 1. The lowest BCUT2D eigenvalue weighted by molar-refractivity contribution is 0.298. The van der Waals surface area contributed by atoms with Crippen molar-refractivity contribution in [3.8, 4) is 0 Å². The number of benzene rings is 1. The summed E-state index contributed by atoms with van der Waals surface area (Å²) in [5, 5.41) is 17.3. The second kappa shape index (κ2) is 5.05. The number of aromatic nitrogens is 3. The maximum absolute atomic E-state index is 9.04. The van der Waals surface area contributed by atoms with Gasteiger partial charge in [0.1, 0.15) is 5.52 Å². The molecule has 5 heteroatoms. The number of aliphatic hydroxyl groups excluding tert-OH is 1. The van der Waals surface area contributed by atoms with Gasteiger partial charge in [0, 0.05) is 12.6 Å². The van der Waals surface area contributed by atoms with E-state index >= 15 is 0 Å². The highest BCUT2D eigenvalue weighted by Gasteiger charge is 2.13. The highest BCUT2D eigenvalue weighted by atomic mass is 16.3. The summed E-state index contributed by atoms with van der Waals surface area (Å²) in [5.41, 5.74) is 1.60. The van der Waals surface area contributed by atoms with Crippen LogP contribution < -0.4 is 4.90 Å². The zero-order chi connectivity index (χ0) is 12.3. The molecule has 17 heavy (non-hydrogen) atoms. The van der Waals surface area contributed by atoms with E-state index < -0.39 is 0 Å². The zero-order valence-electron chi connectivity index (χ0n) is 10.0. The normalized spacial score (nSPS) is 11.1. The first kappa shape index (κ1) is 11.7. The van der Waals surface area contributed by atoms with E-state index in [0.29, 0.717) is 12.5 Å². The summed E-state index contributed by atoms with van der Waals surface area (Å²) in [6, 6.07) is 7.85. The molecular formula is C12H16N4O. The van der Waals surface area contributed by atoms with Gasteiger partial charge < -0.3 is 10.0 Å². The minimum absolute atomic E-state index is 0.0777. The molecule has 0 amide bonds. The third-order valence-electron chi connectivity index (χ3n) is 2.57. The van der Waals surface area contributed by atoms with Crippen molar-refractivity contribution in [1.29, 1.82) is 0 Å². The van der Waals surface area contributed by atoms with Gasteiger partial charge in [0.2, 0.25) is 5.95 Å². The lowest BCUT2D eigenvalue weighted by Gasteiger charge is -2.25. The average molecular weight is 232 g/mol. The topological polar surface area (TPSA) is 62.1 Å². The van der Waals surface area contributed by atoms with Crippen molar-refractivity contribution >= 4 is 17.0 Å². The molecule has 1 heterocycles. The summed E-state index contributed by atoms with van der Waals surface area (Å²) in [5.74, 6) is 0.563. The molecule has 0 fully saturated rings. The molecule has 1 aromatic carbocycles. The lowest BCUT2D eigenvalue weighted by Crippen LogP contribution is -2.35. The van der Waals surface area contributed by atoms with Gasteiger partial charge in [-0.2, -0.15) is 0 Å². The molecule has 0 atom stereocenters. The van der Waals surface area contributed by atoms with Crippen LogP contribution in [0.4, 0.5) is 5.95 Å². The molecule has 1 aromatic heterocycles. The van der Waals surface area contributed by atoms with Gasteiger partial charge in [0.05, 0.1) is 12.1 Å². The minimum atomic E-state index is 0.0777. The number of nitrogens with zero attached hydrogens (tertiary/aromatic N) is 4. The van der Waals surface area contributed by atoms with Crippen molar-refractivity contribution in [3.05, 3.63) is 24.3 Å². The number of hydrogen-bond donors (Lipinski definition) is 1. The Labute approximate surface area is 100 Å². The van der Waals surface area contributed by atoms with E-state index in [-0.39, 0.29) is 12.6 Å². The van der Waals surface area contributed by atoms with Crippen LogP contribution in [-0.4, -0.2) is 39.5 Å². The van der Waals surface area contributed by atoms with Crippen molar-refractivity contribution in [2.75, 3.05) is 18.1 Å². The Morgan fingerprint density at radius 2 is 1.88 bits per heavy atom. The molecule has 2 aromatic rings. The summed E-state index contributed by atoms with van der Waals surface area (Å²) < 4.78 is 0. The Hall–Kier alpha value is -1.75. The fourth-order valence-corrected chi connectivity index (χ4v) is 1.69. The predicted molar refractivity (Wildman–Crippen MR) is 66.9 cm³/mol. The molecule has 0 spiro atoms. The average Bonchev–Trinajstić information content (AvgIpc) is 2.35. The van der Waals surface area contributed by atoms with Gasteiger partial charge in [-0.3, -0.25) is 0 Å². The minimum Gasteiger partial charge on any atom is -0.395 e. The second-order valence-electron chi connectivity index (χ2n) is 4.11. The Morgan fingerprint density at radius 1 is 1.18 bits per heavy atom. The molecule has 5 nitrogen and oxygen atoms in total. The highest BCUT2D eigenvalue weighted by molar-refractivity contribution is 5.74. The van der Waals surface area contributed by atoms with Crippen LogP contribution in [0.5, 0.6) is 0 Å². The zero-order valence-corrected chi connectivity index (χ0v) is 10.0. The summed E-state index contributed by atoms with van der Waals surface area (Å²) in [4.78, 5) is 6.39. The molecule has 1 N–H and O–H groups in total. The van der Waals surface area contributed by atoms with E-state index in [2.05, 4.69) is 15.2 Å². The molecule has 0 saturated carbocycles. The van der Waals surface area contributed by atoms with Crippen LogP contribution in [0.25, 0.3) is 11.0 Å². The molecule has 0 unspecified atom stereocenters. The number of rotatable bonds is 4. The van der Waals surface area contributed by atoms with Crippen LogP contribution in [0.15, 0.2) is 24.3 Å². The van der Waals surface area contributed by atoms with E-state index in [4.69, 9.17) is 5.11 Å². The molecule has 0 radical (unpaired) electrons. The van der Waals surface area contributed by atoms with Gasteiger partial charge in [-0.15, -0.1) is 10.2 Å². The summed E-state index contributed by atoms with van der Waals surface area (Å²) in [6.45, 7) is 4.66. The molecule has 0 aliphatic heterocycles. The van der Waals surface area contributed by atoms with E-state index in [0.717, 1.165) is 11.0 Å². The van der Waals surface area contributed by atoms with Gasteiger partial charge in [0.25, 0.3) is 0 Å². The van der Waals surface area contributed by atoms with Crippen LogP contribution in [0.2, 0.25) is 0 Å². The Bertz CT molecular complexity index is 501. The van der Waals surface area contributed by atoms with Gasteiger partial charge in [-0.05, 0) is 26.0 Å². The molecule has 90 valence electrons. The van der Waals surface area contributed by atoms with Crippen LogP contribution in [0.1, 0.15) is 13.8 Å². The lowest BCUT2D eigenvalue weighted by atomic mass is 10.3. The van der Waals surface area contributed by atoms with Crippen molar-refractivity contribution in [3.63, 3.8) is 0 Å². The smallest absolute Gasteiger partial charge is 0.246 e. The number of fused-ring (bicyclic) bond motifs is 1. The van der Waals surface area contributed by atoms with Gasteiger partial charge in [0.15, 0.2) is 0 Å². The fourth-order valence-electron chi connectivity index (χ4n) is 1.69. The van der Waals surface area contributed by atoms with E-state index in [9.17, 15) is 0 Å². The quantitative estimate of drug-likeness (QED) is 0.859. The van der Waals surface area contributed by atoms with Crippen LogP contribution in [0, 0.1) is 0 Å². The standard InChI is InChI=1S/C12H16N4O/c1-9(2)16(7-8-17)12-13-10-5-3-4-6-11(10)14-15-12/h3-6,9,17H,7-8H2,1-2H3.